The molecule has 0 saturated carbocycles. The highest BCUT2D eigenvalue weighted by molar-refractivity contribution is 7.89. The van der Waals surface area contributed by atoms with Gasteiger partial charge in [-0.1, -0.05) is 0 Å². The lowest BCUT2D eigenvalue weighted by Crippen LogP contribution is -2.25. The third kappa shape index (κ3) is 8.53. The van der Waals surface area contributed by atoms with Gasteiger partial charge in [-0.25, -0.2) is 23.1 Å². The number of sulfonamides is 1. The van der Waals surface area contributed by atoms with Crippen LogP contribution in [-0.2, 0) is 29.1 Å². The molecule has 0 fully saturated rings. The van der Waals surface area contributed by atoms with Crippen molar-refractivity contribution >= 4 is 51.2 Å². The van der Waals surface area contributed by atoms with Gasteiger partial charge in [0.25, 0.3) is 11.8 Å². The summed E-state index contributed by atoms with van der Waals surface area (Å²) in [4.78, 5) is 50.6. The number of esters is 2. The molecule has 0 atom stereocenters. The van der Waals surface area contributed by atoms with Crippen LogP contribution in [0.3, 0.4) is 0 Å². The van der Waals surface area contributed by atoms with Crippen LogP contribution >= 0.6 is 0 Å². The topological polar surface area (TPSA) is 184 Å². The molecule has 0 aliphatic rings. The minimum Gasteiger partial charge on any atom is -0.462 e. The van der Waals surface area contributed by atoms with Crippen molar-refractivity contribution in [2.24, 2.45) is 5.14 Å². The Morgan fingerprint density at radius 2 is 1.18 bits per heavy atom. The molecule has 0 aliphatic carbocycles. The maximum Gasteiger partial charge on any atom is 0.338 e. The van der Waals surface area contributed by atoms with Crippen molar-refractivity contribution in [2.75, 3.05) is 23.8 Å². The molecule has 13 heteroatoms. The van der Waals surface area contributed by atoms with Gasteiger partial charge in [-0.05, 0) is 105 Å². The number of nitrogens with one attached hydrogen (secondary N) is 2. The Labute approximate surface area is 258 Å². The molecule has 4 N–H and O–H groups in total. The molecule has 0 saturated heterocycles. The van der Waals surface area contributed by atoms with Crippen molar-refractivity contribution < 1.29 is 41.5 Å². The molecule has 3 aromatic carbocycles. The fourth-order valence-electron chi connectivity index (χ4n) is 3.98. The summed E-state index contributed by atoms with van der Waals surface area (Å²) in [6, 6.07) is 20.7. The second-order valence-corrected chi connectivity index (χ2v) is 10.9. The van der Waals surface area contributed by atoms with E-state index in [1.165, 1.54) is 84.9 Å². The normalized spacial score (nSPS) is 10.8. The number of hydrogen-bond acceptors (Lipinski definition) is 9. The third-order valence-electron chi connectivity index (χ3n) is 6.18. The fraction of sp³-hybridized carbons (Fsp3) is 0.125. The minimum absolute atomic E-state index is 0.0702. The number of amides is 2. The van der Waals surface area contributed by atoms with Crippen LogP contribution in [0.25, 0.3) is 17.4 Å². The number of ether oxygens (including phenoxy) is 2. The first-order valence-corrected chi connectivity index (χ1v) is 15.1. The second kappa shape index (κ2) is 14.3. The molecule has 2 amide bonds. The van der Waals surface area contributed by atoms with Gasteiger partial charge < -0.3 is 24.5 Å². The van der Waals surface area contributed by atoms with E-state index < -0.39 is 33.8 Å². The van der Waals surface area contributed by atoms with Crippen LogP contribution in [0.1, 0.15) is 40.3 Å². The number of furan rings is 1. The lowest BCUT2D eigenvalue weighted by atomic mass is 10.1. The van der Waals surface area contributed by atoms with Gasteiger partial charge in [0, 0.05) is 16.9 Å². The standard InChI is InChI=1S/C32H29N3O9S/c1-3-42-31(38)21-5-11-23(12-6-21)34-29(36)27(30(37)35-24-13-7-22(8-14-24)32(39)43-4-2)19-25-15-18-28(44-25)20-9-16-26(17-10-20)45(33,40)41/h5-19H,3-4H2,1-2H3,(H,34,36)(H,35,37)(H2,33,40,41). The number of primary sulfonamides is 1. The predicted octanol–water partition coefficient (Wildman–Crippen LogP) is 4.61. The first-order valence-electron chi connectivity index (χ1n) is 13.6. The van der Waals surface area contributed by atoms with Gasteiger partial charge in [0.05, 0.1) is 29.2 Å². The van der Waals surface area contributed by atoms with E-state index in [4.69, 9.17) is 19.0 Å². The summed E-state index contributed by atoms with van der Waals surface area (Å²) >= 11 is 0. The van der Waals surface area contributed by atoms with Crippen molar-refractivity contribution in [3.05, 3.63) is 107 Å². The van der Waals surface area contributed by atoms with Gasteiger partial charge in [0.15, 0.2) is 0 Å². The third-order valence-corrected chi connectivity index (χ3v) is 7.11. The van der Waals surface area contributed by atoms with Crippen LogP contribution in [0.2, 0.25) is 0 Å². The maximum absolute atomic E-state index is 13.4. The molecule has 4 rings (SSSR count). The number of benzene rings is 3. The number of rotatable bonds is 11. The highest BCUT2D eigenvalue weighted by Crippen LogP contribution is 2.25. The van der Waals surface area contributed by atoms with E-state index in [-0.39, 0.29) is 40.6 Å². The number of hydrogen-bond donors (Lipinski definition) is 3. The number of nitrogens with two attached hydrogens (primary N) is 1. The molecule has 0 aliphatic heterocycles. The van der Waals surface area contributed by atoms with Gasteiger partial charge in [0.1, 0.15) is 17.1 Å². The van der Waals surface area contributed by atoms with Crippen LogP contribution in [0.4, 0.5) is 11.4 Å². The summed E-state index contributed by atoms with van der Waals surface area (Å²) in [6.45, 7) is 3.79. The highest BCUT2D eigenvalue weighted by Gasteiger charge is 2.21. The Balaban J connectivity index is 1.61. The summed E-state index contributed by atoms with van der Waals surface area (Å²) in [7, 11) is -3.88. The Bertz CT molecular complexity index is 1770. The van der Waals surface area contributed by atoms with Crippen LogP contribution in [0.5, 0.6) is 0 Å². The largest absolute Gasteiger partial charge is 0.462 e. The lowest BCUT2D eigenvalue weighted by molar-refractivity contribution is -0.118. The monoisotopic (exact) mass is 631 g/mol. The first-order chi connectivity index (χ1) is 21.5. The molecule has 45 heavy (non-hydrogen) atoms. The SMILES string of the molecule is CCOC(=O)c1ccc(NC(=O)C(=Cc2ccc(-c3ccc(S(N)(=O)=O)cc3)o2)C(=O)Nc2ccc(C(=O)OCC)cc2)cc1. The summed E-state index contributed by atoms with van der Waals surface area (Å²) in [5.74, 6) is -2.11. The van der Waals surface area contributed by atoms with Gasteiger partial charge in [0.2, 0.25) is 10.0 Å². The molecule has 0 radical (unpaired) electrons. The average Bonchev–Trinajstić information content (AvgIpc) is 3.49. The second-order valence-electron chi connectivity index (χ2n) is 9.33. The van der Waals surface area contributed by atoms with E-state index in [0.29, 0.717) is 22.7 Å². The molecule has 4 aromatic rings. The summed E-state index contributed by atoms with van der Waals surface area (Å²) in [5.41, 5.74) is 1.39. The van der Waals surface area contributed by atoms with Crippen LogP contribution in [0.15, 0.2) is 99.8 Å². The summed E-state index contributed by atoms with van der Waals surface area (Å²) < 4.78 is 38.9. The number of anilines is 2. The smallest absolute Gasteiger partial charge is 0.338 e. The molecular formula is C32H29N3O9S. The minimum atomic E-state index is -3.88. The molecule has 232 valence electrons. The Morgan fingerprint density at radius 1 is 0.711 bits per heavy atom. The van der Waals surface area contributed by atoms with Crippen molar-refractivity contribution in [1.29, 1.82) is 0 Å². The molecule has 1 heterocycles. The molecule has 0 unspecified atom stereocenters. The van der Waals surface area contributed by atoms with Crippen molar-refractivity contribution in [3.63, 3.8) is 0 Å². The lowest BCUT2D eigenvalue weighted by Gasteiger charge is -2.11. The van der Waals surface area contributed by atoms with Crippen molar-refractivity contribution in [2.45, 2.75) is 18.7 Å². The van der Waals surface area contributed by atoms with Crippen LogP contribution < -0.4 is 15.8 Å². The maximum atomic E-state index is 13.4. The van der Waals surface area contributed by atoms with Gasteiger partial charge in [-0.2, -0.15) is 0 Å². The Hall–Kier alpha value is -5.53. The first kappa shape index (κ1) is 32.4. The van der Waals surface area contributed by atoms with Crippen LogP contribution in [-0.4, -0.2) is 45.4 Å². The van der Waals surface area contributed by atoms with E-state index in [1.54, 1.807) is 19.9 Å². The van der Waals surface area contributed by atoms with Crippen molar-refractivity contribution in [3.8, 4) is 11.3 Å². The summed E-state index contributed by atoms with van der Waals surface area (Å²) in [5, 5.41) is 10.4. The van der Waals surface area contributed by atoms with Crippen molar-refractivity contribution in [1.82, 2.24) is 0 Å². The van der Waals surface area contributed by atoms with E-state index in [1.807, 2.05) is 0 Å². The molecule has 12 nitrogen and oxygen atoms in total. The molecule has 1 aromatic heterocycles. The van der Waals surface area contributed by atoms with E-state index in [0.717, 1.165) is 0 Å². The molecule has 0 spiro atoms. The van der Waals surface area contributed by atoms with E-state index in [9.17, 15) is 27.6 Å². The Kier molecular flexibility index (Phi) is 10.3. The highest BCUT2D eigenvalue weighted by atomic mass is 32.2. The predicted molar refractivity (Wildman–Crippen MR) is 166 cm³/mol. The fourth-order valence-corrected chi connectivity index (χ4v) is 4.49. The Morgan fingerprint density at radius 3 is 1.60 bits per heavy atom. The van der Waals surface area contributed by atoms with E-state index in [2.05, 4.69) is 10.6 Å². The summed E-state index contributed by atoms with van der Waals surface area (Å²) in [6.07, 6.45) is 1.24. The zero-order valence-corrected chi connectivity index (χ0v) is 25.1. The van der Waals surface area contributed by atoms with Gasteiger partial charge in [-0.3, -0.25) is 9.59 Å². The zero-order valence-electron chi connectivity index (χ0n) is 24.2. The average molecular weight is 632 g/mol. The quantitative estimate of drug-likeness (QED) is 0.0921. The van der Waals surface area contributed by atoms with Gasteiger partial charge in [-0.15, -0.1) is 0 Å². The number of carbonyl (C=O) groups is 4. The van der Waals surface area contributed by atoms with E-state index >= 15 is 0 Å². The van der Waals surface area contributed by atoms with Gasteiger partial charge >= 0.3 is 11.9 Å². The van der Waals surface area contributed by atoms with Crippen LogP contribution in [0, 0.1) is 0 Å². The number of carbonyl (C=O) groups excluding carboxylic acids is 4. The zero-order chi connectivity index (χ0) is 32.6. The molecular weight excluding hydrogens is 602 g/mol. The molecule has 0 bridgehead atoms.